The molecule has 0 fully saturated rings. The lowest BCUT2D eigenvalue weighted by Gasteiger charge is -2.12. The van der Waals surface area contributed by atoms with Gasteiger partial charge in [0.2, 0.25) is 5.91 Å². The largest absolute Gasteiger partial charge is 0.399 e. The van der Waals surface area contributed by atoms with Gasteiger partial charge in [-0.3, -0.25) is 4.79 Å². The number of hydrogen-bond donors (Lipinski definition) is 3. The first-order chi connectivity index (χ1) is 10.0. The van der Waals surface area contributed by atoms with E-state index in [1.54, 1.807) is 36.4 Å². The Labute approximate surface area is 122 Å². The maximum Gasteiger partial charge on any atom is 0.224 e. The maximum absolute atomic E-state index is 12.8. The Morgan fingerprint density at radius 1 is 1.14 bits per heavy atom. The molecule has 1 atom stereocenters. The molecule has 2 aromatic carbocycles. The van der Waals surface area contributed by atoms with Gasteiger partial charge in [0, 0.05) is 12.2 Å². The summed E-state index contributed by atoms with van der Waals surface area (Å²) in [4.78, 5) is 11.8. The van der Waals surface area contributed by atoms with Crippen molar-refractivity contribution in [1.29, 1.82) is 0 Å². The third-order valence-electron chi connectivity index (χ3n) is 3.09. The van der Waals surface area contributed by atoms with E-state index in [2.05, 4.69) is 5.32 Å². The SMILES string of the molecule is Nc1ccc(C(O)CNC(=O)Cc2ccc(F)cc2)cc1. The predicted molar refractivity (Wildman–Crippen MR) is 78.9 cm³/mol. The minimum atomic E-state index is -0.789. The fraction of sp³-hybridized carbons (Fsp3) is 0.188. The molecular weight excluding hydrogens is 271 g/mol. The van der Waals surface area contributed by atoms with E-state index in [1.807, 2.05) is 0 Å². The fourth-order valence-electron chi connectivity index (χ4n) is 1.90. The molecule has 4 nitrogen and oxygen atoms in total. The number of carbonyl (C=O) groups excluding carboxylic acids is 1. The molecule has 0 aliphatic heterocycles. The molecule has 0 aliphatic rings. The monoisotopic (exact) mass is 288 g/mol. The number of carbonyl (C=O) groups is 1. The third-order valence-corrected chi connectivity index (χ3v) is 3.09. The molecule has 2 rings (SSSR count). The lowest BCUT2D eigenvalue weighted by Crippen LogP contribution is -2.29. The van der Waals surface area contributed by atoms with E-state index in [9.17, 15) is 14.3 Å². The number of nitrogen functional groups attached to an aromatic ring is 1. The lowest BCUT2D eigenvalue weighted by atomic mass is 10.1. The van der Waals surface area contributed by atoms with E-state index in [0.717, 1.165) is 5.56 Å². The quantitative estimate of drug-likeness (QED) is 0.734. The van der Waals surface area contributed by atoms with Gasteiger partial charge in [-0.2, -0.15) is 0 Å². The van der Waals surface area contributed by atoms with Crippen LogP contribution in [-0.2, 0) is 11.2 Å². The highest BCUT2D eigenvalue weighted by Gasteiger charge is 2.10. The van der Waals surface area contributed by atoms with E-state index in [-0.39, 0.29) is 24.7 Å². The van der Waals surface area contributed by atoms with Crippen molar-refractivity contribution in [2.45, 2.75) is 12.5 Å². The number of rotatable bonds is 5. The summed E-state index contributed by atoms with van der Waals surface area (Å²) in [6.45, 7) is 0.115. The summed E-state index contributed by atoms with van der Waals surface area (Å²) in [7, 11) is 0. The lowest BCUT2D eigenvalue weighted by molar-refractivity contribution is -0.120. The molecule has 0 saturated carbocycles. The van der Waals surface area contributed by atoms with E-state index < -0.39 is 6.10 Å². The maximum atomic E-state index is 12.8. The van der Waals surface area contributed by atoms with Crippen molar-refractivity contribution in [3.05, 3.63) is 65.5 Å². The van der Waals surface area contributed by atoms with Gasteiger partial charge >= 0.3 is 0 Å². The van der Waals surface area contributed by atoms with Crippen LogP contribution in [0.1, 0.15) is 17.2 Å². The molecule has 1 unspecified atom stereocenters. The van der Waals surface area contributed by atoms with Gasteiger partial charge in [0.05, 0.1) is 12.5 Å². The highest BCUT2D eigenvalue weighted by molar-refractivity contribution is 5.78. The minimum absolute atomic E-state index is 0.115. The first kappa shape index (κ1) is 15.0. The number of nitrogens with one attached hydrogen (secondary N) is 1. The Balaban J connectivity index is 1.83. The number of aliphatic hydroxyl groups excluding tert-OH is 1. The van der Waals surface area contributed by atoms with Crippen LogP contribution in [0.15, 0.2) is 48.5 Å². The highest BCUT2D eigenvalue weighted by atomic mass is 19.1. The van der Waals surface area contributed by atoms with Crippen molar-refractivity contribution in [1.82, 2.24) is 5.32 Å². The number of hydrogen-bond acceptors (Lipinski definition) is 3. The van der Waals surface area contributed by atoms with Gasteiger partial charge in [-0.15, -0.1) is 0 Å². The summed E-state index contributed by atoms with van der Waals surface area (Å²) in [6.07, 6.45) is -0.642. The number of anilines is 1. The van der Waals surface area contributed by atoms with Crippen molar-refractivity contribution >= 4 is 11.6 Å². The van der Waals surface area contributed by atoms with E-state index in [0.29, 0.717) is 11.3 Å². The van der Waals surface area contributed by atoms with Crippen LogP contribution in [0.25, 0.3) is 0 Å². The molecule has 21 heavy (non-hydrogen) atoms. The topological polar surface area (TPSA) is 75.3 Å². The van der Waals surface area contributed by atoms with Crippen molar-refractivity contribution < 1.29 is 14.3 Å². The van der Waals surface area contributed by atoms with Crippen LogP contribution in [0.2, 0.25) is 0 Å². The van der Waals surface area contributed by atoms with Gasteiger partial charge in [-0.05, 0) is 35.4 Å². The molecule has 110 valence electrons. The number of aliphatic hydroxyl groups is 1. The van der Waals surface area contributed by atoms with Crippen molar-refractivity contribution in [3.8, 4) is 0 Å². The Morgan fingerprint density at radius 3 is 2.38 bits per heavy atom. The van der Waals surface area contributed by atoms with Crippen molar-refractivity contribution in [2.75, 3.05) is 12.3 Å². The standard InChI is InChI=1S/C16H17FN2O2/c17-13-5-1-11(2-6-13)9-16(21)19-10-15(20)12-3-7-14(18)8-4-12/h1-8,15,20H,9-10,18H2,(H,19,21). The second-order valence-corrected chi connectivity index (χ2v) is 4.79. The number of amides is 1. The van der Waals surface area contributed by atoms with Gasteiger partial charge < -0.3 is 16.2 Å². The molecule has 0 saturated heterocycles. The number of benzene rings is 2. The molecule has 0 bridgehead atoms. The molecule has 1 amide bonds. The molecule has 0 aliphatic carbocycles. The second-order valence-electron chi connectivity index (χ2n) is 4.79. The Morgan fingerprint density at radius 2 is 1.76 bits per heavy atom. The Bertz CT molecular complexity index is 597. The van der Waals surface area contributed by atoms with Crippen LogP contribution in [0, 0.1) is 5.82 Å². The minimum Gasteiger partial charge on any atom is -0.399 e. The fourth-order valence-corrected chi connectivity index (χ4v) is 1.90. The summed E-state index contributed by atoms with van der Waals surface area (Å²) in [5, 5.41) is 12.6. The zero-order valence-corrected chi connectivity index (χ0v) is 11.4. The Hall–Kier alpha value is -2.40. The van der Waals surface area contributed by atoms with Gasteiger partial charge in [-0.25, -0.2) is 4.39 Å². The zero-order valence-electron chi connectivity index (χ0n) is 11.4. The van der Waals surface area contributed by atoms with Crippen LogP contribution in [-0.4, -0.2) is 17.6 Å². The first-order valence-corrected chi connectivity index (χ1v) is 6.59. The van der Waals surface area contributed by atoms with Gasteiger partial charge in [0.15, 0.2) is 0 Å². The van der Waals surface area contributed by atoms with E-state index in [1.165, 1.54) is 12.1 Å². The summed E-state index contributed by atoms with van der Waals surface area (Å²) < 4.78 is 12.8. The first-order valence-electron chi connectivity index (χ1n) is 6.59. The van der Waals surface area contributed by atoms with Crippen LogP contribution in [0.3, 0.4) is 0 Å². The molecule has 0 aromatic heterocycles. The molecule has 5 heteroatoms. The molecule has 4 N–H and O–H groups in total. The van der Waals surface area contributed by atoms with E-state index >= 15 is 0 Å². The number of halogens is 1. The molecule has 2 aromatic rings. The van der Waals surface area contributed by atoms with Crippen LogP contribution >= 0.6 is 0 Å². The molecule has 0 spiro atoms. The third kappa shape index (κ3) is 4.57. The van der Waals surface area contributed by atoms with Gasteiger partial charge in [-0.1, -0.05) is 24.3 Å². The number of nitrogens with two attached hydrogens (primary N) is 1. The average Bonchev–Trinajstić information content (AvgIpc) is 2.48. The highest BCUT2D eigenvalue weighted by Crippen LogP contribution is 2.13. The molecular formula is C16H17FN2O2. The zero-order chi connectivity index (χ0) is 15.2. The normalized spacial score (nSPS) is 11.9. The van der Waals surface area contributed by atoms with E-state index in [4.69, 9.17) is 5.73 Å². The molecule has 0 heterocycles. The summed E-state index contributed by atoms with van der Waals surface area (Å²) in [6, 6.07) is 12.6. The summed E-state index contributed by atoms with van der Waals surface area (Å²) >= 11 is 0. The average molecular weight is 288 g/mol. The summed E-state index contributed by atoms with van der Waals surface area (Å²) in [5.74, 6) is -0.561. The Kier molecular flexibility index (Phi) is 4.90. The van der Waals surface area contributed by atoms with Gasteiger partial charge in [0.1, 0.15) is 5.82 Å². The van der Waals surface area contributed by atoms with Crippen molar-refractivity contribution in [3.63, 3.8) is 0 Å². The van der Waals surface area contributed by atoms with Crippen LogP contribution in [0.4, 0.5) is 10.1 Å². The van der Waals surface area contributed by atoms with Crippen molar-refractivity contribution in [2.24, 2.45) is 0 Å². The van der Waals surface area contributed by atoms with Crippen LogP contribution < -0.4 is 11.1 Å². The summed E-state index contributed by atoms with van der Waals surface area (Å²) in [5.41, 5.74) is 7.59. The smallest absolute Gasteiger partial charge is 0.224 e. The van der Waals surface area contributed by atoms with Gasteiger partial charge in [0.25, 0.3) is 0 Å². The van der Waals surface area contributed by atoms with Crippen LogP contribution in [0.5, 0.6) is 0 Å². The predicted octanol–water partition coefficient (Wildman–Crippen LogP) is 1.80. The molecule has 0 radical (unpaired) electrons. The second kappa shape index (κ2) is 6.85.